The molecular weight excluding hydrogens is 993 g/mol. The molecule has 5 heterocycles. The zero-order valence-corrected chi connectivity index (χ0v) is 48.9. The number of hydrogen-bond donors (Lipinski definition) is 4. The number of carbonyl (C=O) groups is 5. The lowest BCUT2D eigenvalue weighted by atomic mass is 9.78. The molecule has 0 unspecified atom stereocenters. The smallest absolute Gasteiger partial charge is 0.312 e. The van der Waals surface area contributed by atoms with Gasteiger partial charge < -0.3 is 44.5 Å². The Morgan fingerprint density at radius 1 is 0.846 bits per heavy atom. The average Bonchev–Trinajstić information content (AvgIpc) is 4.12. The number of carbonyl (C=O) groups excluding carboxylic acids is 5. The molecular formula is C62H92N4O12. The largest absolute Gasteiger partial charge is 0.507 e. The zero-order valence-electron chi connectivity index (χ0n) is 48.9. The number of methoxy groups -OCH3 is 1. The molecule has 1 aromatic carbocycles. The summed E-state index contributed by atoms with van der Waals surface area (Å²) >= 11 is 0. The number of benzene rings is 1. The Kier molecular flexibility index (Phi) is 21.7. The number of ketones is 2. The van der Waals surface area contributed by atoms with Crippen molar-refractivity contribution in [2.45, 2.75) is 215 Å². The van der Waals surface area contributed by atoms with E-state index in [4.69, 9.17) is 23.9 Å². The fraction of sp³-hybridized carbons (Fsp3) is 0.677. The molecule has 0 radical (unpaired) electrons. The van der Waals surface area contributed by atoms with E-state index in [1.165, 1.54) is 85.5 Å². The van der Waals surface area contributed by atoms with Crippen LogP contribution < -0.4 is 10.1 Å². The number of aromatic hydroxyl groups is 1. The molecule has 16 heteroatoms. The predicted molar refractivity (Wildman–Crippen MR) is 301 cm³/mol. The van der Waals surface area contributed by atoms with Crippen LogP contribution in [0.1, 0.15) is 204 Å². The second kappa shape index (κ2) is 27.3. The molecule has 78 heavy (non-hydrogen) atoms. The molecule has 9 atom stereocenters. The van der Waals surface area contributed by atoms with E-state index in [9.17, 15) is 24.9 Å². The molecule has 16 nitrogen and oxygen atoms in total. The van der Waals surface area contributed by atoms with Crippen molar-refractivity contribution in [3.8, 4) is 11.5 Å². The van der Waals surface area contributed by atoms with E-state index in [0.29, 0.717) is 38.3 Å². The van der Waals surface area contributed by atoms with Crippen LogP contribution >= 0.6 is 0 Å². The molecule has 6 aliphatic rings. The first-order valence-electron chi connectivity index (χ1n) is 29.2. The number of Topliss-reactive ketones (excluding diaryl/α,β-unsaturated/α-hetero) is 2. The molecule has 4 N–H and O–H groups in total. The second-order valence-electron chi connectivity index (χ2n) is 23.5. The molecule has 2 amide bonds. The highest BCUT2D eigenvalue weighted by Gasteiger charge is 2.58. The number of aliphatic hydroxyl groups excluding tert-OH is 2. The van der Waals surface area contributed by atoms with Crippen LogP contribution in [-0.2, 0) is 28.6 Å². The van der Waals surface area contributed by atoms with Gasteiger partial charge in [-0.25, -0.2) is 0 Å². The normalized spacial score (nSPS) is 29.2. The number of hydrogen-bond acceptors (Lipinski definition) is 14. The van der Waals surface area contributed by atoms with Crippen molar-refractivity contribution in [1.29, 1.82) is 0 Å². The van der Waals surface area contributed by atoms with Crippen molar-refractivity contribution in [3.63, 3.8) is 0 Å². The molecule has 1 saturated heterocycles. The van der Waals surface area contributed by atoms with Crippen LogP contribution in [0.2, 0.25) is 0 Å². The number of rotatable bonds is 18. The highest BCUT2D eigenvalue weighted by Crippen LogP contribution is 2.52. The van der Waals surface area contributed by atoms with Gasteiger partial charge in [0.25, 0.3) is 11.7 Å². The number of phenols is 1. The van der Waals surface area contributed by atoms with Gasteiger partial charge in [0.05, 0.1) is 47.1 Å². The number of piperidine rings is 1. The Balaban J connectivity index is 1.44. The van der Waals surface area contributed by atoms with Crippen LogP contribution in [0.3, 0.4) is 0 Å². The molecule has 0 aromatic heterocycles. The Bertz CT molecular complexity index is 2500. The number of fused-ring (bicyclic) bond motifs is 13. The van der Waals surface area contributed by atoms with Gasteiger partial charge in [0.1, 0.15) is 29.0 Å². The summed E-state index contributed by atoms with van der Waals surface area (Å²) in [6.45, 7) is 21.4. The quantitative estimate of drug-likeness (QED) is 0.0797. The highest BCUT2D eigenvalue weighted by atomic mass is 16.7. The van der Waals surface area contributed by atoms with Gasteiger partial charge in [-0.2, -0.15) is 0 Å². The summed E-state index contributed by atoms with van der Waals surface area (Å²) in [7, 11) is 1.46. The molecule has 7 rings (SSSR count). The maximum atomic E-state index is 15.5. The zero-order chi connectivity index (χ0) is 57.2. The number of unbranched alkanes of at least 4 members (excludes halogenated alkanes) is 12. The van der Waals surface area contributed by atoms with Crippen LogP contribution in [0, 0.1) is 36.5 Å². The number of ether oxygens (including phenoxy) is 4. The third-order valence-corrected chi connectivity index (χ3v) is 16.9. The molecule has 1 fully saturated rings. The SMILES string of the molecule is CCCCCCCCCCCCCCCC(=O)N1C2=C3NC(=O)/C(C)=C\C=C\[C@H](C)[C@H](O)[C@@H](C)[C@@H](O)[C@@H](C)[C@H](OC(C)=O)[C@H](C)[C@@H](OC)/C=C/O[C@@]4(C)Oc5c(C)c(O)c(c(c5C4=O)C2=NC12CCN(CC(C)C)CC2)C3=O. The summed E-state index contributed by atoms with van der Waals surface area (Å²) in [6, 6.07) is 0. The van der Waals surface area contributed by atoms with Crippen LogP contribution in [0.4, 0.5) is 0 Å². The van der Waals surface area contributed by atoms with E-state index in [2.05, 4.69) is 31.0 Å². The van der Waals surface area contributed by atoms with Gasteiger partial charge in [0.2, 0.25) is 11.7 Å². The van der Waals surface area contributed by atoms with Gasteiger partial charge in [-0.15, -0.1) is 0 Å². The Hall–Kier alpha value is -5.16. The first-order valence-corrected chi connectivity index (χ1v) is 29.2. The summed E-state index contributed by atoms with van der Waals surface area (Å²) in [4.78, 5) is 82.4. The lowest BCUT2D eigenvalue weighted by Crippen LogP contribution is -2.54. The average molecular weight is 1090 g/mol. The maximum Gasteiger partial charge on any atom is 0.312 e. The Labute approximate surface area is 464 Å². The van der Waals surface area contributed by atoms with Crippen molar-refractivity contribution >= 4 is 35.1 Å². The maximum absolute atomic E-state index is 15.5. The standard InChI is InChI=1S/C62H92N4O12/c1-13-14-15-16-17-18-19-20-21-22-23-24-25-29-46(68)66-52-50(64-62(66)31-33-65(34-32-62)36-37(2)3)47-48-55(71)43(9)58-49(47)59(73)61(11,78-58)76-35-30-45(75-12)40(6)57(77-44(10)67)42(8)54(70)41(7)53(69)38(4)27-26-28-39(5)60(74)63-51(52)56(48)72/h26-28,30,35,37-38,40-42,45,53-54,57,69-71H,13-25,29,31-34,36H2,1-12H3,(H,63,74)/b27-26+,35-30+,39-28-/t38-,40+,41+,42+,45-,53-,54+,57+,61-/m0/s1. The molecule has 1 spiro atoms. The monoisotopic (exact) mass is 1080 g/mol. The number of nitrogens with zero attached hydrogens (tertiary/aromatic N) is 3. The molecule has 432 valence electrons. The highest BCUT2D eigenvalue weighted by molar-refractivity contribution is 6.35. The lowest BCUT2D eigenvalue weighted by Gasteiger charge is -2.44. The third kappa shape index (κ3) is 13.7. The summed E-state index contributed by atoms with van der Waals surface area (Å²) in [5, 5.41) is 38.4. The Morgan fingerprint density at radius 2 is 1.45 bits per heavy atom. The molecule has 5 aliphatic heterocycles. The molecule has 5 bridgehead atoms. The number of amides is 2. The van der Waals surface area contributed by atoms with Crippen LogP contribution in [0.15, 0.2) is 52.5 Å². The van der Waals surface area contributed by atoms with Crippen LogP contribution in [0.25, 0.3) is 0 Å². The van der Waals surface area contributed by atoms with E-state index in [0.717, 1.165) is 32.2 Å². The van der Waals surface area contributed by atoms with E-state index < -0.39 is 88.7 Å². The summed E-state index contributed by atoms with van der Waals surface area (Å²) < 4.78 is 24.4. The predicted octanol–water partition coefficient (Wildman–Crippen LogP) is 10.3. The molecule has 1 aliphatic carbocycles. The first kappa shape index (κ1) is 62.0. The fourth-order valence-corrected chi connectivity index (χ4v) is 12.2. The van der Waals surface area contributed by atoms with Gasteiger partial charge in [-0.05, 0) is 32.3 Å². The van der Waals surface area contributed by atoms with Gasteiger partial charge in [-0.1, -0.05) is 144 Å². The van der Waals surface area contributed by atoms with Crippen molar-refractivity contribution in [2.75, 3.05) is 26.7 Å². The van der Waals surface area contributed by atoms with Gasteiger partial charge in [0, 0.05) is 100 Å². The van der Waals surface area contributed by atoms with Crippen LogP contribution in [0.5, 0.6) is 11.5 Å². The number of nitrogens with one attached hydrogen (secondary N) is 1. The van der Waals surface area contributed by atoms with Crippen LogP contribution in [-0.4, -0.2) is 123 Å². The second-order valence-corrected chi connectivity index (χ2v) is 23.5. The summed E-state index contributed by atoms with van der Waals surface area (Å²) in [5.74, 6) is -7.70. The number of aliphatic imine (C=N–C) groups is 1. The molecule has 0 saturated carbocycles. The number of likely N-dealkylation sites (tertiary alicyclic amines) is 1. The minimum atomic E-state index is -2.05. The van der Waals surface area contributed by atoms with E-state index in [1.54, 1.807) is 63.8 Å². The van der Waals surface area contributed by atoms with Crippen molar-refractivity contribution < 1.29 is 58.2 Å². The van der Waals surface area contributed by atoms with E-state index in [-0.39, 0.29) is 63.0 Å². The first-order chi connectivity index (χ1) is 37.0. The number of aliphatic hydroxyl groups is 2. The third-order valence-electron chi connectivity index (χ3n) is 16.9. The summed E-state index contributed by atoms with van der Waals surface area (Å²) in [6.07, 6.45) is 19.5. The Morgan fingerprint density at radius 3 is 2.03 bits per heavy atom. The molecule has 1 aromatic rings. The number of esters is 1. The van der Waals surface area contributed by atoms with Crippen molar-refractivity contribution in [2.24, 2.45) is 34.6 Å². The van der Waals surface area contributed by atoms with E-state index in [1.807, 2.05) is 0 Å². The number of allylic oxidation sites excluding steroid dienone is 4. The lowest BCUT2D eigenvalue weighted by molar-refractivity contribution is -0.160. The van der Waals surface area contributed by atoms with E-state index >= 15 is 14.4 Å². The minimum Gasteiger partial charge on any atom is -0.507 e. The van der Waals surface area contributed by atoms with Gasteiger partial charge >= 0.3 is 11.8 Å². The fourth-order valence-electron chi connectivity index (χ4n) is 12.2. The number of phenolic OH excluding ortho intramolecular Hbond substituents is 1. The van der Waals surface area contributed by atoms with Crippen molar-refractivity contribution in [3.05, 3.63) is 69.8 Å². The van der Waals surface area contributed by atoms with Gasteiger partial charge in [0.15, 0.2) is 0 Å². The van der Waals surface area contributed by atoms with Gasteiger partial charge in [-0.3, -0.25) is 33.9 Å². The topological polar surface area (TPSA) is 214 Å². The minimum absolute atomic E-state index is 0.000709. The summed E-state index contributed by atoms with van der Waals surface area (Å²) in [5.41, 5.74) is -1.30. The van der Waals surface area contributed by atoms with Crippen molar-refractivity contribution in [1.82, 2.24) is 15.1 Å².